The van der Waals surface area contributed by atoms with Crippen molar-refractivity contribution in [3.8, 4) is 5.75 Å². The highest BCUT2D eigenvalue weighted by Gasteiger charge is 2.45. The number of amides is 1. The zero-order chi connectivity index (χ0) is 16.3. The molecule has 0 bridgehead atoms. The number of pyridine rings is 1. The van der Waals surface area contributed by atoms with Gasteiger partial charge >= 0.3 is 0 Å². The lowest BCUT2D eigenvalue weighted by Crippen LogP contribution is -2.63. The number of carbonyl (C=O) groups is 1. The minimum atomic E-state index is 0.0959. The molecule has 0 aliphatic carbocycles. The standard InChI is InChI=1S/C18H27N3O2/c1-18-9-6-12-21(16(18)8-3-4-11-20(18)2)17(22)14-23-15-7-5-10-19-13-15/h5,7,10,13,16H,3-4,6,8-9,11-12,14H2,1-2H3/t16-,18-/m0/s1. The fourth-order valence-electron chi connectivity index (χ4n) is 4.08. The van der Waals surface area contributed by atoms with Crippen molar-refractivity contribution in [2.45, 2.75) is 50.6 Å². The topological polar surface area (TPSA) is 45.7 Å². The zero-order valence-corrected chi connectivity index (χ0v) is 14.2. The first-order chi connectivity index (χ1) is 11.1. The van der Waals surface area contributed by atoms with Gasteiger partial charge in [0.1, 0.15) is 5.75 Å². The highest BCUT2D eigenvalue weighted by Crippen LogP contribution is 2.37. The maximum absolute atomic E-state index is 12.7. The molecule has 1 aromatic rings. The molecule has 0 saturated carbocycles. The van der Waals surface area contributed by atoms with E-state index in [1.54, 1.807) is 12.4 Å². The molecule has 0 aromatic carbocycles. The second-order valence-electron chi connectivity index (χ2n) is 6.96. The van der Waals surface area contributed by atoms with E-state index >= 15 is 0 Å². The van der Waals surface area contributed by atoms with E-state index in [9.17, 15) is 4.79 Å². The maximum atomic E-state index is 12.7. The normalized spacial score (nSPS) is 28.8. The van der Waals surface area contributed by atoms with Gasteiger partial charge in [0.2, 0.25) is 0 Å². The predicted octanol–water partition coefficient (Wildman–Crippen LogP) is 2.33. The van der Waals surface area contributed by atoms with E-state index in [1.807, 2.05) is 12.1 Å². The number of hydrogen-bond acceptors (Lipinski definition) is 4. The Kier molecular flexibility index (Phi) is 4.85. The summed E-state index contributed by atoms with van der Waals surface area (Å²) in [6.45, 7) is 4.40. The largest absolute Gasteiger partial charge is 0.482 e. The molecule has 2 aliphatic heterocycles. The zero-order valence-electron chi connectivity index (χ0n) is 14.2. The summed E-state index contributed by atoms with van der Waals surface area (Å²) in [5.41, 5.74) is 0.0959. The third-order valence-corrected chi connectivity index (χ3v) is 5.59. The molecule has 0 spiro atoms. The Balaban J connectivity index is 1.69. The van der Waals surface area contributed by atoms with Crippen LogP contribution in [-0.2, 0) is 4.79 Å². The second-order valence-corrected chi connectivity index (χ2v) is 6.96. The maximum Gasteiger partial charge on any atom is 0.260 e. The molecular formula is C18H27N3O2. The Labute approximate surface area is 138 Å². The fraction of sp³-hybridized carbons (Fsp3) is 0.667. The molecule has 2 saturated heterocycles. The van der Waals surface area contributed by atoms with Crippen LogP contribution in [0, 0.1) is 0 Å². The lowest BCUT2D eigenvalue weighted by atomic mass is 9.80. The van der Waals surface area contributed by atoms with Gasteiger partial charge in [0, 0.05) is 24.3 Å². The Morgan fingerprint density at radius 1 is 1.39 bits per heavy atom. The molecule has 126 valence electrons. The van der Waals surface area contributed by atoms with Crippen LogP contribution in [0.25, 0.3) is 0 Å². The summed E-state index contributed by atoms with van der Waals surface area (Å²) >= 11 is 0. The van der Waals surface area contributed by atoms with Crippen LogP contribution in [0.4, 0.5) is 0 Å². The third-order valence-electron chi connectivity index (χ3n) is 5.59. The van der Waals surface area contributed by atoms with Crippen LogP contribution in [0.1, 0.15) is 39.0 Å². The van der Waals surface area contributed by atoms with Crippen LogP contribution < -0.4 is 4.74 Å². The molecule has 0 N–H and O–H groups in total. The van der Waals surface area contributed by atoms with E-state index in [-0.39, 0.29) is 18.1 Å². The first kappa shape index (κ1) is 16.2. The number of hydrogen-bond donors (Lipinski definition) is 0. The molecule has 1 amide bonds. The van der Waals surface area contributed by atoms with Crippen LogP contribution in [-0.4, -0.2) is 59.0 Å². The van der Waals surface area contributed by atoms with Crippen molar-refractivity contribution in [2.75, 3.05) is 26.7 Å². The summed E-state index contributed by atoms with van der Waals surface area (Å²) in [5.74, 6) is 0.749. The van der Waals surface area contributed by atoms with Gasteiger partial charge in [-0.3, -0.25) is 14.7 Å². The Hall–Kier alpha value is -1.62. The van der Waals surface area contributed by atoms with E-state index in [0.717, 1.165) is 25.9 Å². The first-order valence-corrected chi connectivity index (χ1v) is 8.65. The lowest BCUT2D eigenvalue weighted by Gasteiger charge is -2.51. The number of piperidine rings is 1. The summed E-state index contributed by atoms with van der Waals surface area (Å²) in [6, 6.07) is 3.95. The van der Waals surface area contributed by atoms with Gasteiger partial charge in [0.15, 0.2) is 6.61 Å². The molecule has 5 nitrogen and oxygen atoms in total. The van der Waals surface area contributed by atoms with Crippen molar-refractivity contribution in [2.24, 2.45) is 0 Å². The molecule has 5 heteroatoms. The van der Waals surface area contributed by atoms with Gasteiger partial charge in [-0.05, 0) is 58.3 Å². The number of ether oxygens (including phenoxy) is 1. The molecule has 2 aliphatic rings. The number of nitrogens with zero attached hydrogens (tertiary/aromatic N) is 3. The van der Waals surface area contributed by atoms with E-state index in [4.69, 9.17) is 4.74 Å². The van der Waals surface area contributed by atoms with Gasteiger partial charge in [-0.1, -0.05) is 6.42 Å². The van der Waals surface area contributed by atoms with Gasteiger partial charge in [-0.15, -0.1) is 0 Å². The molecule has 23 heavy (non-hydrogen) atoms. The van der Waals surface area contributed by atoms with E-state index in [1.165, 1.54) is 19.3 Å². The van der Waals surface area contributed by atoms with Crippen LogP contribution in [0.2, 0.25) is 0 Å². The Morgan fingerprint density at radius 3 is 3.04 bits per heavy atom. The van der Waals surface area contributed by atoms with Crippen LogP contribution in [0.5, 0.6) is 5.75 Å². The minimum absolute atomic E-state index is 0.0959. The Morgan fingerprint density at radius 2 is 2.26 bits per heavy atom. The second kappa shape index (κ2) is 6.87. The quantitative estimate of drug-likeness (QED) is 0.858. The van der Waals surface area contributed by atoms with E-state index in [2.05, 4.69) is 28.8 Å². The molecular weight excluding hydrogens is 290 g/mol. The number of likely N-dealkylation sites (tertiary alicyclic amines) is 2. The highest BCUT2D eigenvalue weighted by molar-refractivity contribution is 5.78. The van der Waals surface area contributed by atoms with Crippen LogP contribution in [0.3, 0.4) is 0 Å². The molecule has 3 rings (SSSR count). The molecule has 1 aromatic heterocycles. The van der Waals surface area contributed by atoms with Crippen molar-refractivity contribution in [3.05, 3.63) is 24.5 Å². The predicted molar refractivity (Wildman–Crippen MR) is 89.4 cm³/mol. The molecule has 2 atom stereocenters. The van der Waals surface area contributed by atoms with Gasteiger partial charge in [0.25, 0.3) is 5.91 Å². The van der Waals surface area contributed by atoms with E-state index < -0.39 is 0 Å². The first-order valence-electron chi connectivity index (χ1n) is 8.65. The summed E-state index contributed by atoms with van der Waals surface area (Å²) in [7, 11) is 2.21. The summed E-state index contributed by atoms with van der Waals surface area (Å²) < 4.78 is 5.62. The SMILES string of the molecule is CN1CCCC[C@@H]2N(C(=O)COc3cccnc3)CCC[C@@]21C. The van der Waals surface area contributed by atoms with Gasteiger partial charge in [-0.2, -0.15) is 0 Å². The van der Waals surface area contributed by atoms with Crippen molar-refractivity contribution in [1.82, 2.24) is 14.8 Å². The molecule has 0 unspecified atom stereocenters. The third kappa shape index (κ3) is 3.34. The number of likely N-dealkylation sites (N-methyl/N-ethyl adjacent to an activating group) is 1. The minimum Gasteiger partial charge on any atom is -0.482 e. The number of aromatic nitrogens is 1. The smallest absolute Gasteiger partial charge is 0.260 e. The highest BCUT2D eigenvalue weighted by atomic mass is 16.5. The van der Waals surface area contributed by atoms with Gasteiger partial charge in [-0.25, -0.2) is 0 Å². The lowest BCUT2D eigenvalue weighted by molar-refractivity contribution is -0.142. The van der Waals surface area contributed by atoms with Crippen molar-refractivity contribution < 1.29 is 9.53 Å². The van der Waals surface area contributed by atoms with E-state index in [0.29, 0.717) is 11.8 Å². The number of fused-ring (bicyclic) bond motifs is 1. The molecule has 3 heterocycles. The summed E-state index contributed by atoms with van der Waals surface area (Å²) in [4.78, 5) is 21.3. The number of carbonyl (C=O) groups excluding carboxylic acids is 1. The average molecular weight is 317 g/mol. The number of rotatable bonds is 3. The fourth-order valence-corrected chi connectivity index (χ4v) is 4.08. The van der Waals surface area contributed by atoms with Crippen LogP contribution in [0.15, 0.2) is 24.5 Å². The molecule has 0 radical (unpaired) electrons. The van der Waals surface area contributed by atoms with Gasteiger partial charge < -0.3 is 9.64 Å². The molecule has 2 fully saturated rings. The summed E-state index contributed by atoms with van der Waals surface area (Å²) in [5, 5.41) is 0. The van der Waals surface area contributed by atoms with Crippen molar-refractivity contribution in [3.63, 3.8) is 0 Å². The Bertz CT molecular complexity index is 536. The monoisotopic (exact) mass is 317 g/mol. The van der Waals surface area contributed by atoms with Crippen molar-refractivity contribution >= 4 is 5.91 Å². The summed E-state index contributed by atoms with van der Waals surface area (Å²) in [6.07, 6.45) is 9.09. The van der Waals surface area contributed by atoms with Crippen LogP contribution >= 0.6 is 0 Å². The van der Waals surface area contributed by atoms with Crippen molar-refractivity contribution in [1.29, 1.82) is 0 Å². The van der Waals surface area contributed by atoms with Gasteiger partial charge in [0.05, 0.1) is 6.20 Å². The average Bonchev–Trinajstić information content (AvgIpc) is 2.72.